The van der Waals surface area contributed by atoms with Crippen LogP contribution in [0.3, 0.4) is 0 Å². The number of hydrogen-bond donors (Lipinski definition) is 1. The third-order valence-corrected chi connectivity index (χ3v) is 5.86. The Morgan fingerprint density at radius 2 is 1.68 bits per heavy atom. The second kappa shape index (κ2) is 8.36. The van der Waals surface area contributed by atoms with Crippen molar-refractivity contribution < 1.29 is 14.7 Å². The molecule has 1 aromatic heterocycles. The zero-order valence-electron chi connectivity index (χ0n) is 17.2. The van der Waals surface area contributed by atoms with E-state index in [1.54, 1.807) is 54.9 Å². The molecule has 1 aliphatic heterocycles. The minimum atomic E-state index is -0.730. The van der Waals surface area contributed by atoms with Gasteiger partial charge in [0.15, 0.2) is 0 Å². The highest BCUT2D eigenvalue weighted by molar-refractivity contribution is 6.46. The van der Waals surface area contributed by atoms with Crippen LogP contribution < -0.4 is 0 Å². The molecule has 2 heterocycles. The Balaban J connectivity index is 1.87. The Kier molecular flexibility index (Phi) is 5.61. The first-order valence-corrected chi connectivity index (χ1v) is 10.2. The highest BCUT2D eigenvalue weighted by Crippen LogP contribution is 2.40. The number of carbonyl (C=O) groups is 2. The summed E-state index contributed by atoms with van der Waals surface area (Å²) < 4.78 is 0. The van der Waals surface area contributed by atoms with Crippen LogP contribution in [0.5, 0.6) is 0 Å². The van der Waals surface area contributed by atoms with Gasteiger partial charge in [-0.2, -0.15) is 0 Å². The van der Waals surface area contributed by atoms with Crippen molar-refractivity contribution in [3.63, 3.8) is 0 Å². The van der Waals surface area contributed by atoms with E-state index in [-0.39, 0.29) is 17.9 Å². The van der Waals surface area contributed by atoms with Crippen LogP contribution in [0.25, 0.3) is 5.76 Å². The van der Waals surface area contributed by atoms with Gasteiger partial charge in [-0.3, -0.25) is 14.6 Å². The maximum absolute atomic E-state index is 13.1. The maximum Gasteiger partial charge on any atom is 0.295 e. The molecule has 1 amide bonds. The van der Waals surface area contributed by atoms with Crippen LogP contribution in [-0.4, -0.2) is 26.7 Å². The molecule has 1 saturated heterocycles. The van der Waals surface area contributed by atoms with E-state index in [2.05, 4.69) is 4.98 Å². The quantitative estimate of drug-likeness (QED) is 0.359. The minimum absolute atomic E-state index is 0.0737. The van der Waals surface area contributed by atoms with E-state index in [4.69, 9.17) is 11.6 Å². The Morgan fingerprint density at radius 1 is 1.00 bits per heavy atom. The first-order valence-electron chi connectivity index (χ1n) is 9.87. The highest BCUT2D eigenvalue weighted by atomic mass is 35.5. The molecule has 0 spiro atoms. The van der Waals surface area contributed by atoms with Crippen molar-refractivity contribution in [1.82, 2.24) is 9.88 Å². The van der Waals surface area contributed by atoms with Crippen LogP contribution in [0.15, 0.2) is 72.6 Å². The zero-order chi connectivity index (χ0) is 22.1. The number of hydrogen-bond acceptors (Lipinski definition) is 4. The normalized spacial score (nSPS) is 17.9. The van der Waals surface area contributed by atoms with E-state index in [9.17, 15) is 14.7 Å². The Morgan fingerprint density at radius 3 is 2.32 bits per heavy atom. The molecule has 0 radical (unpaired) electrons. The number of ketones is 1. The number of aryl methyl sites for hydroxylation is 2. The largest absolute Gasteiger partial charge is 0.507 e. The Bertz CT molecular complexity index is 1190. The number of aliphatic hydroxyl groups excluding tert-OH is 1. The number of benzene rings is 2. The van der Waals surface area contributed by atoms with Crippen molar-refractivity contribution in [3.8, 4) is 0 Å². The van der Waals surface area contributed by atoms with Gasteiger partial charge in [-0.15, -0.1) is 0 Å². The summed E-state index contributed by atoms with van der Waals surface area (Å²) in [7, 11) is 0. The summed E-state index contributed by atoms with van der Waals surface area (Å²) in [5.41, 5.74) is 4.17. The minimum Gasteiger partial charge on any atom is -0.507 e. The SMILES string of the molecule is Cc1ccc(/C(O)=C2/C(=O)C(=O)N(Cc3ccncc3)C2c2ccc(Cl)cc2)cc1C. The summed E-state index contributed by atoms with van der Waals surface area (Å²) in [5.74, 6) is -1.54. The van der Waals surface area contributed by atoms with Crippen LogP contribution in [0, 0.1) is 13.8 Å². The van der Waals surface area contributed by atoms with Gasteiger partial charge in [-0.25, -0.2) is 0 Å². The summed E-state index contributed by atoms with van der Waals surface area (Å²) in [6.07, 6.45) is 3.27. The van der Waals surface area contributed by atoms with E-state index >= 15 is 0 Å². The van der Waals surface area contributed by atoms with Crippen molar-refractivity contribution in [2.45, 2.75) is 26.4 Å². The summed E-state index contributed by atoms with van der Waals surface area (Å²) >= 11 is 6.05. The molecule has 0 saturated carbocycles. The average molecular weight is 433 g/mol. The van der Waals surface area contributed by atoms with Crippen molar-refractivity contribution in [2.75, 3.05) is 0 Å². The predicted molar refractivity (Wildman–Crippen MR) is 119 cm³/mol. The van der Waals surface area contributed by atoms with Gasteiger partial charge in [-0.05, 0) is 66.4 Å². The Hall–Kier alpha value is -3.44. The van der Waals surface area contributed by atoms with Gasteiger partial charge in [0.05, 0.1) is 11.6 Å². The van der Waals surface area contributed by atoms with E-state index in [1.165, 1.54) is 4.90 Å². The number of likely N-dealkylation sites (tertiary alicyclic amines) is 1. The molecule has 2 aromatic carbocycles. The zero-order valence-corrected chi connectivity index (χ0v) is 17.9. The third kappa shape index (κ3) is 3.97. The molecule has 0 bridgehead atoms. The molecule has 5 nitrogen and oxygen atoms in total. The molecule has 156 valence electrons. The molecule has 1 unspecified atom stereocenters. The van der Waals surface area contributed by atoms with Gasteiger partial charge in [0.1, 0.15) is 5.76 Å². The second-order valence-electron chi connectivity index (χ2n) is 7.63. The van der Waals surface area contributed by atoms with Crippen LogP contribution in [0.1, 0.15) is 33.9 Å². The lowest BCUT2D eigenvalue weighted by Gasteiger charge is -2.25. The molecule has 1 N–H and O–H groups in total. The fourth-order valence-electron chi connectivity index (χ4n) is 3.76. The van der Waals surface area contributed by atoms with Crippen molar-refractivity contribution in [1.29, 1.82) is 0 Å². The molecule has 1 fully saturated rings. The van der Waals surface area contributed by atoms with Crippen LogP contribution >= 0.6 is 11.6 Å². The molecule has 1 atom stereocenters. The number of aliphatic hydroxyl groups is 1. The van der Waals surface area contributed by atoms with Gasteiger partial charge in [-0.1, -0.05) is 35.9 Å². The van der Waals surface area contributed by atoms with E-state index in [1.807, 2.05) is 26.0 Å². The van der Waals surface area contributed by atoms with Crippen molar-refractivity contribution >= 4 is 29.1 Å². The molecule has 3 aromatic rings. The number of Topliss-reactive ketones (excluding diaryl/α,β-unsaturated/α-hetero) is 1. The van der Waals surface area contributed by atoms with Gasteiger partial charge >= 0.3 is 0 Å². The predicted octanol–water partition coefficient (Wildman–Crippen LogP) is 4.97. The Labute approximate surface area is 185 Å². The average Bonchev–Trinajstić information content (AvgIpc) is 3.01. The molecule has 0 aliphatic carbocycles. The first-order chi connectivity index (χ1) is 14.9. The molecule has 1 aliphatic rings. The molecule has 31 heavy (non-hydrogen) atoms. The number of halogens is 1. The van der Waals surface area contributed by atoms with Gasteiger partial charge in [0.2, 0.25) is 0 Å². The molecular weight excluding hydrogens is 412 g/mol. The lowest BCUT2D eigenvalue weighted by molar-refractivity contribution is -0.140. The maximum atomic E-state index is 13.1. The standard InChI is InChI=1S/C25H21ClN2O3/c1-15-3-4-19(13-16(15)2)23(29)21-22(18-5-7-20(26)8-6-18)28(25(31)24(21)30)14-17-9-11-27-12-10-17/h3-13,22,29H,14H2,1-2H3/b23-21-. The van der Waals surface area contributed by atoms with E-state index in [0.717, 1.165) is 16.7 Å². The summed E-state index contributed by atoms with van der Waals surface area (Å²) in [4.78, 5) is 31.6. The van der Waals surface area contributed by atoms with E-state index < -0.39 is 17.7 Å². The number of aromatic nitrogens is 1. The fraction of sp³-hybridized carbons (Fsp3) is 0.160. The third-order valence-electron chi connectivity index (χ3n) is 5.61. The number of carbonyl (C=O) groups excluding carboxylic acids is 2. The molecular formula is C25H21ClN2O3. The van der Waals surface area contributed by atoms with Crippen molar-refractivity contribution in [3.05, 3.63) is 105 Å². The topological polar surface area (TPSA) is 70.5 Å². The lowest BCUT2D eigenvalue weighted by Crippen LogP contribution is -2.29. The van der Waals surface area contributed by atoms with Gasteiger partial charge in [0, 0.05) is 29.5 Å². The second-order valence-corrected chi connectivity index (χ2v) is 8.07. The summed E-state index contributed by atoms with van der Waals surface area (Å²) in [6, 6.07) is 15.3. The monoisotopic (exact) mass is 432 g/mol. The van der Waals surface area contributed by atoms with Crippen molar-refractivity contribution in [2.24, 2.45) is 0 Å². The number of nitrogens with zero attached hydrogens (tertiary/aromatic N) is 2. The number of rotatable bonds is 4. The van der Waals surface area contributed by atoms with E-state index in [0.29, 0.717) is 16.1 Å². The summed E-state index contributed by atoms with van der Waals surface area (Å²) in [5, 5.41) is 11.7. The smallest absolute Gasteiger partial charge is 0.295 e. The number of pyridine rings is 1. The molecule has 4 rings (SSSR count). The first kappa shape index (κ1) is 20.8. The molecule has 6 heteroatoms. The van der Waals surface area contributed by atoms with Crippen LogP contribution in [0.4, 0.5) is 0 Å². The highest BCUT2D eigenvalue weighted by Gasteiger charge is 2.46. The van der Waals surface area contributed by atoms with Gasteiger partial charge < -0.3 is 10.0 Å². The number of amides is 1. The summed E-state index contributed by atoms with van der Waals surface area (Å²) in [6.45, 7) is 4.12. The lowest BCUT2D eigenvalue weighted by atomic mass is 9.94. The van der Waals surface area contributed by atoms with Gasteiger partial charge in [0.25, 0.3) is 11.7 Å². The van der Waals surface area contributed by atoms with Crippen LogP contribution in [0.2, 0.25) is 5.02 Å². The fourth-order valence-corrected chi connectivity index (χ4v) is 3.89. The van der Waals surface area contributed by atoms with Crippen LogP contribution in [-0.2, 0) is 16.1 Å².